The van der Waals surface area contributed by atoms with Crippen LogP contribution in [0.2, 0.25) is 5.02 Å². The number of ether oxygens (including phenoxy) is 2. The second kappa shape index (κ2) is 12.3. The van der Waals surface area contributed by atoms with Crippen molar-refractivity contribution in [2.45, 2.75) is 38.7 Å². The SMILES string of the molecule is CCOC(=O)[C@H]1CC[C@@H](Oc2ccc(C(=O)NCCNC(=O)c3ccc(Cl)cc3)cc2)CC1. The van der Waals surface area contributed by atoms with Gasteiger partial charge in [0, 0.05) is 29.2 Å². The lowest BCUT2D eigenvalue weighted by Gasteiger charge is -2.27. The van der Waals surface area contributed by atoms with Gasteiger partial charge in [-0.15, -0.1) is 0 Å². The first-order valence-electron chi connectivity index (χ1n) is 11.2. The molecule has 176 valence electrons. The summed E-state index contributed by atoms with van der Waals surface area (Å²) in [6, 6.07) is 13.6. The van der Waals surface area contributed by atoms with Gasteiger partial charge in [0.2, 0.25) is 0 Å². The Balaban J connectivity index is 1.37. The van der Waals surface area contributed by atoms with Crippen molar-refractivity contribution in [2.75, 3.05) is 19.7 Å². The number of hydrogen-bond donors (Lipinski definition) is 2. The van der Waals surface area contributed by atoms with Crippen LogP contribution in [0.25, 0.3) is 0 Å². The largest absolute Gasteiger partial charge is 0.490 e. The number of carbonyl (C=O) groups is 3. The van der Waals surface area contributed by atoms with E-state index in [9.17, 15) is 14.4 Å². The Morgan fingerprint density at radius 1 is 0.848 bits per heavy atom. The van der Waals surface area contributed by atoms with Gasteiger partial charge in [-0.1, -0.05) is 11.6 Å². The molecular weight excluding hydrogens is 444 g/mol. The number of hydrogen-bond acceptors (Lipinski definition) is 5. The predicted octanol–water partition coefficient (Wildman–Crippen LogP) is 4.00. The van der Waals surface area contributed by atoms with Crippen molar-refractivity contribution in [1.29, 1.82) is 0 Å². The number of carbonyl (C=O) groups excluding carboxylic acids is 3. The molecule has 0 radical (unpaired) electrons. The topological polar surface area (TPSA) is 93.7 Å². The van der Waals surface area contributed by atoms with Crippen molar-refractivity contribution in [2.24, 2.45) is 5.92 Å². The van der Waals surface area contributed by atoms with Crippen molar-refractivity contribution >= 4 is 29.4 Å². The van der Waals surface area contributed by atoms with Gasteiger partial charge in [-0.3, -0.25) is 14.4 Å². The molecule has 0 atom stereocenters. The van der Waals surface area contributed by atoms with Gasteiger partial charge in [0.25, 0.3) is 11.8 Å². The monoisotopic (exact) mass is 472 g/mol. The van der Waals surface area contributed by atoms with Crippen molar-refractivity contribution in [1.82, 2.24) is 10.6 Å². The van der Waals surface area contributed by atoms with Crippen LogP contribution in [0, 0.1) is 5.92 Å². The van der Waals surface area contributed by atoms with Crippen LogP contribution in [0.4, 0.5) is 0 Å². The molecular formula is C25H29ClN2O5. The van der Waals surface area contributed by atoms with Crippen LogP contribution in [0.5, 0.6) is 5.75 Å². The van der Waals surface area contributed by atoms with Gasteiger partial charge < -0.3 is 20.1 Å². The van der Waals surface area contributed by atoms with Crippen LogP contribution >= 0.6 is 11.6 Å². The van der Waals surface area contributed by atoms with Crippen LogP contribution in [0.1, 0.15) is 53.3 Å². The highest BCUT2D eigenvalue weighted by atomic mass is 35.5. The van der Waals surface area contributed by atoms with Crippen molar-refractivity contribution in [3.05, 3.63) is 64.7 Å². The molecule has 0 unspecified atom stereocenters. The van der Waals surface area contributed by atoms with E-state index in [2.05, 4.69) is 10.6 Å². The second-order valence-corrected chi connectivity index (χ2v) is 8.32. The zero-order valence-electron chi connectivity index (χ0n) is 18.6. The molecule has 0 heterocycles. The van der Waals surface area contributed by atoms with Gasteiger partial charge in [0.1, 0.15) is 5.75 Å². The van der Waals surface area contributed by atoms with Crippen molar-refractivity contribution in [3.63, 3.8) is 0 Å². The molecule has 1 aliphatic carbocycles. The summed E-state index contributed by atoms with van der Waals surface area (Å²) >= 11 is 5.82. The summed E-state index contributed by atoms with van der Waals surface area (Å²) in [6.07, 6.45) is 3.18. The minimum absolute atomic E-state index is 0.0353. The Kier molecular flexibility index (Phi) is 9.13. The van der Waals surface area contributed by atoms with E-state index in [0.717, 1.165) is 25.7 Å². The lowest BCUT2D eigenvalue weighted by molar-refractivity contribution is -0.149. The van der Waals surface area contributed by atoms with Gasteiger partial charge in [0.15, 0.2) is 0 Å². The molecule has 0 aromatic heterocycles. The number of amides is 2. The van der Waals surface area contributed by atoms with E-state index in [4.69, 9.17) is 21.1 Å². The minimum atomic E-state index is -0.225. The van der Waals surface area contributed by atoms with E-state index in [1.54, 1.807) is 48.5 Å². The van der Waals surface area contributed by atoms with Crippen LogP contribution < -0.4 is 15.4 Å². The lowest BCUT2D eigenvalue weighted by Crippen LogP contribution is -2.34. The summed E-state index contributed by atoms with van der Waals surface area (Å²) in [5, 5.41) is 6.10. The van der Waals surface area contributed by atoms with Gasteiger partial charge in [0.05, 0.1) is 18.6 Å². The molecule has 2 N–H and O–H groups in total. The Bertz CT molecular complexity index is 938. The fraction of sp³-hybridized carbons (Fsp3) is 0.400. The molecule has 1 fully saturated rings. The zero-order chi connectivity index (χ0) is 23.6. The fourth-order valence-corrected chi connectivity index (χ4v) is 3.84. The first-order chi connectivity index (χ1) is 16.0. The number of nitrogens with one attached hydrogen (secondary N) is 2. The molecule has 0 aliphatic heterocycles. The molecule has 2 aromatic carbocycles. The molecule has 1 aliphatic rings. The highest BCUT2D eigenvalue weighted by molar-refractivity contribution is 6.30. The average Bonchev–Trinajstić information content (AvgIpc) is 2.83. The van der Waals surface area contributed by atoms with Gasteiger partial charge in [-0.2, -0.15) is 0 Å². The third-order valence-electron chi connectivity index (χ3n) is 5.52. The van der Waals surface area contributed by atoms with Crippen molar-refractivity contribution < 1.29 is 23.9 Å². The number of halogens is 1. The van der Waals surface area contributed by atoms with Crippen LogP contribution in [-0.4, -0.2) is 43.6 Å². The molecule has 8 heteroatoms. The predicted molar refractivity (Wildman–Crippen MR) is 126 cm³/mol. The summed E-state index contributed by atoms with van der Waals surface area (Å²) in [7, 11) is 0. The fourth-order valence-electron chi connectivity index (χ4n) is 3.71. The van der Waals surface area contributed by atoms with E-state index in [1.807, 2.05) is 6.92 Å². The second-order valence-electron chi connectivity index (χ2n) is 7.89. The van der Waals surface area contributed by atoms with Gasteiger partial charge >= 0.3 is 5.97 Å². The maximum Gasteiger partial charge on any atom is 0.308 e. The highest BCUT2D eigenvalue weighted by Crippen LogP contribution is 2.28. The summed E-state index contributed by atoms with van der Waals surface area (Å²) in [4.78, 5) is 36.2. The Morgan fingerprint density at radius 3 is 1.88 bits per heavy atom. The van der Waals surface area contributed by atoms with Gasteiger partial charge in [-0.25, -0.2) is 0 Å². The normalized spacial score (nSPS) is 17.6. The van der Waals surface area contributed by atoms with Crippen LogP contribution in [0.15, 0.2) is 48.5 Å². The number of benzene rings is 2. The third-order valence-corrected chi connectivity index (χ3v) is 5.77. The molecule has 7 nitrogen and oxygen atoms in total. The number of rotatable bonds is 9. The first-order valence-corrected chi connectivity index (χ1v) is 11.6. The maximum absolute atomic E-state index is 12.3. The summed E-state index contributed by atoms with van der Waals surface area (Å²) < 4.78 is 11.1. The molecule has 0 saturated heterocycles. The van der Waals surface area contributed by atoms with E-state index in [1.165, 1.54) is 0 Å². The smallest absolute Gasteiger partial charge is 0.308 e. The number of esters is 1. The van der Waals surface area contributed by atoms with Gasteiger partial charge in [-0.05, 0) is 81.1 Å². The van der Waals surface area contributed by atoms with Crippen LogP contribution in [0.3, 0.4) is 0 Å². The molecule has 3 rings (SSSR count). The van der Waals surface area contributed by atoms with E-state index < -0.39 is 0 Å². The Hall–Kier alpha value is -3.06. The summed E-state index contributed by atoms with van der Waals surface area (Å²) in [5.41, 5.74) is 1.02. The molecule has 1 saturated carbocycles. The summed E-state index contributed by atoms with van der Waals surface area (Å²) in [5.74, 6) is 0.0972. The van der Waals surface area contributed by atoms with E-state index in [0.29, 0.717) is 41.6 Å². The Morgan fingerprint density at radius 2 is 1.36 bits per heavy atom. The lowest BCUT2D eigenvalue weighted by atomic mass is 9.87. The molecule has 33 heavy (non-hydrogen) atoms. The van der Waals surface area contributed by atoms with E-state index in [-0.39, 0.29) is 29.8 Å². The van der Waals surface area contributed by atoms with E-state index >= 15 is 0 Å². The first kappa shape index (κ1) is 24.6. The highest BCUT2D eigenvalue weighted by Gasteiger charge is 2.28. The zero-order valence-corrected chi connectivity index (χ0v) is 19.4. The average molecular weight is 473 g/mol. The van der Waals surface area contributed by atoms with Crippen LogP contribution in [-0.2, 0) is 9.53 Å². The summed E-state index contributed by atoms with van der Waals surface area (Å²) in [6.45, 7) is 2.84. The molecule has 0 spiro atoms. The maximum atomic E-state index is 12.3. The standard InChI is InChI=1S/C25H29ClN2O5/c1-2-32-25(31)19-7-13-22(14-8-19)33-21-11-5-18(6-12-21)24(30)28-16-15-27-23(29)17-3-9-20(26)10-4-17/h3-6,9-12,19,22H,2,7-8,13-16H2,1H3,(H,27,29)(H,28,30)/t19-,22+. The third kappa shape index (κ3) is 7.49. The Labute approximate surface area is 198 Å². The minimum Gasteiger partial charge on any atom is -0.490 e. The molecule has 2 amide bonds. The molecule has 2 aromatic rings. The van der Waals surface area contributed by atoms with Crippen molar-refractivity contribution in [3.8, 4) is 5.75 Å². The quantitative estimate of drug-likeness (QED) is 0.425. The molecule has 0 bridgehead atoms.